The van der Waals surface area contributed by atoms with Crippen LogP contribution in [0.4, 0.5) is 11.4 Å². The molecule has 10 heteroatoms. The van der Waals surface area contributed by atoms with E-state index in [0.29, 0.717) is 43.8 Å². The summed E-state index contributed by atoms with van der Waals surface area (Å²) in [7, 11) is -3.73. The van der Waals surface area contributed by atoms with Crippen LogP contribution in [0.2, 0.25) is 0 Å². The summed E-state index contributed by atoms with van der Waals surface area (Å²) in [6, 6.07) is 4.85. The number of anilines is 1. The molecule has 0 aromatic heterocycles. The minimum atomic E-state index is -3.73. The Labute approximate surface area is 196 Å². The van der Waals surface area contributed by atoms with Gasteiger partial charge in [-0.05, 0) is 57.6 Å². The molecule has 1 aromatic rings. The molecule has 0 N–H and O–H groups in total. The highest BCUT2D eigenvalue weighted by Gasteiger charge is 2.34. The Morgan fingerprint density at radius 1 is 0.970 bits per heavy atom. The first-order valence-corrected chi connectivity index (χ1v) is 13.5. The van der Waals surface area contributed by atoms with Gasteiger partial charge in [0.1, 0.15) is 5.69 Å². The maximum absolute atomic E-state index is 13.1. The molecule has 3 heterocycles. The van der Waals surface area contributed by atoms with Crippen molar-refractivity contribution < 1.29 is 18.1 Å². The average molecular weight is 481 g/mol. The number of benzene rings is 1. The van der Waals surface area contributed by atoms with E-state index >= 15 is 0 Å². The number of nitro groups is 1. The van der Waals surface area contributed by atoms with E-state index in [-0.39, 0.29) is 22.8 Å². The summed E-state index contributed by atoms with van der Waals surface area (Å²) in [6.07, 6.45) is 3.89. The molecule has 0 spiro atoms. The summed E-state index contributed by atoms with van der Waals surface area (Å²) in [4.78, 5) is 16.0. The Morgan fingerprint density at radius 3 is 2.15 bits per heavy atom. The topological polar surface area (TPSA) is 96.2 Å². The molecule has 33 heavy (non-hydrogen) atoms. The van der Waals surface area contributed by atoms with Gasteiger partial charge in [-0.3, -0.25) is 15.0 Å². The van der Waals surface area contributed by atoms with Crippen LogP contribution in [-0.2, 0) is 14.8 Å². The van der Waals surface area contributed by atoms with Crippen LogP contribution in [0.25, 0.3) is 0 Å². The fraction of sp³-hybridized carbons (Fsp3) is 0.739. The Kier molecular flexibility index (Phi) is 7.28. The summed E-state index contributed by atoms with van der Waals surface area (Å²) < 4.78 is 33.5. The Morgan fingerprint density at radius 2 is 1.58 bits per heavy atom. The number of nitrogens with zero attached hydrogens (tertiary/aromatic N) is 4. The van der Waals surface area contributed by atoms with Gasteiger partial charge >= 0.3 is 0 Å². The molecule has 0 amide bonds. The van der Waals surface area contributed by atoms with E-state index in [2.05, 4.69) is 25.7 Å². The second kappa shape index (κ2) is 9.85. The van der Waals surface area contributed by atoms with Crippen LogP contribution in [0, 0.1) is 16.0 Å². The number of piperidine rings is 2. The normalized spacial score (nSPS) is 27.1. The molecule has 2 atom stereocenters. The molecule has 0 radical (unpaired) electrons. The van der Waals surface area contributed by atoms with Gasteiger partial charge in [-0.25, -0.2) is 8.42 Å². The average Bonchev–Trinajstić information content (AvgIpc) is 2.78. The smallest absolute Gasteiger partial charge is 0.293 e. The van der Waals surface area contributed by atoms with E-state index in [4.69, 9.17) is 4.74 Å². The van der Waals surface area contributed by atoms with Crippen LogP contribution < -0.4 is 4.90 Å². The van der Waals surface area contributed by atoms with E-state index in [1.807, 2.05) is 4.90 Å². The first kappa shape index (κ1) is 24.4. The number of rotatable bonds is 5. The van der Waals surface area contributed by atoms with Gasteiger partial charge < -0.3 is 9.64 Å². The quantitative estimate of drug-likeness (QED) is 0.472. The van der Waals surface area contributed by atoms with E-state index < -0.39 is 14.9 Å². The van der Waals surface area contributed by atoms with Crippen LogP contribution in [0.3, 0.4) is 0 Å². The third-order valence-electron chi connectivity index (χ3n) is 7.29. The molecule has 3 saturated heterocycles. The molecule has 0 saturated carbocycles. The Bertz CT molecular complexity index is 946. The summed E-state index contributed by atoms with van der Waals surface area (Å²) >= 11 is 0. The van der Waals surface area contributed by atoms with E-state index in [9.17, 15) is 18.5 Å². The molecule has 3 aliphatic heterocycles. The lowest BCUT2D eigenvalue weighted by molar-refractivity contribution is -0.384. The summed E-state index contributed by atoms with van der Waals surface area (Å²) in [5.41, 5.74) is 0.377. The highest BCUT2D eigenvalue weighted by molar-refractivity contribution is 7.89. The van der Waals surface area contributed by atoms with E-state index in [1.54, 1.807) is 6.07 Å². The van der Waals surface area contributed by atoms with Gasteiger partial charge in [0.2, 0.25) is 10.0 Å². The number of ether oxygens (including phenoxy) is 1. The van der Waals surface area contributed by atoms with Crippen molar-refractivity contribution in [2.45, 2.75) is 69.6 Å². The highest BCUT2D eigenvalue weighted by atomic mass is 32.2. The van der Waals surface area contributed by atoms with Crippen molar-refractivity contribution in [1.82, 2.24) is 9.21 Å². The number of nitro benzene ring substituents is 1. The van der Waals surface area contributed by atoms with E-state index in [1.165, 1.54) is 16.4 Å². The first-order chi connectivity index (χ1) is 15.6. The lowest BCUT2D eigenvalue weighted by Gasteiger charge is -2.44. The van der Waals surface area contributed by atoms with Gasteiger partial charge in [0.25, 0.3) is 5.69 Å². The Balaban J connectivity index is 1.48. The van der Waals surface area contributed by atoms with Crippen molar-refractivity contribution in [2.24, 2.45) is 5.92 Å². The van der Waals surface area contributed by atoms with Crippen molar-refractivity contribution in [2.75, 3.05) is 44.2 Å². The number of hydrogen-bond acceptors (Lipinski definition) is 7. The van der Waals surface area contributed by atoms with Gasteiger partial charge in [-0.1, -0.05) is 6.92 Å². The maximum Gasteiger partial charge on any atom is 0.293 e. The van der Waals surface area contributed by atoms with Crippen LogP contribution in [-0.4, -0.2) is 80.1 Å². The van der Waals surface area contributed by atoms with Gasteiger partial charge in [-0.15, -0.1) is 0 Å². The summed E-state index contributed by atoms with van der Waals surface area (Å²) in [5.74, 6) is 0.500. The molecule has 9 nitrogen and oxygen atoms in total. The molecule has 0 unspecified atom stereocenters. The van der Waals surface area contributed by atoms with Crippen molar-refractivity contribution >= 4 is 21.4 Å². The molecule has 4 rings (SSSR count). The van der Waals surface area contributed by atoms with Crippen LogP contribution in [0.1, 0.15) is 46.5 Å². The molecule has 3 aliphatic rings. The van der Waals surface area contributed by atoms with Crippen LogP contribution in [0.15, 0.2) is 23.1 Å². The fourth-order valence-corrected chi connectivity index (χ4v) is 6.93. The monoisotopic (exact) mass is 480 g/mol. The molecule has 184 valence electrons. The Hall–Kier alpha value is -1.75. The van der Waals surface area contributed by atoms with Crippen molar-refractivity contribution in [3.63, 3.8) is 0 Å². The third kappa shape index (κ3) is 5.34. The van der Waals surface area contributed by atoms with Gasteiger partial charge in [-0.2, -0.15) is 4.31 Å². The molecule has 0 aliphatic carbocycles. The molecule has 3 fully saturated rings. The third-order valence-corrected chi connectivity index (χ3v) is 9.19. The van der Waals surface area contributed by atoms with Crippen LogP contribution in [0.5, 0.6) is 0 Å². The zero-order valence-electron chi connectivity index (χ0n) is 19.9. The number of morpholine rings is 1. The maximum atomic E-state index is 13.1. The fourth-order valence-electron chi connectivity index (χ4n) is 5.44. The number of hydrogen-bond donors (Lipinski definition) is 0. The second-order valence-electron chi connectivity index (χ2n) is 9.92. The molecular formula is C23H36N4O5S. The molecular weight excluding hydrogens is 444 g/mol. The largest absolute Gasteiger partial charge is 0.373 e. The van der Waals surface area contributed by atoms with Crippen molar-refractivity contribution in [3.05, 3.63) is 28.3 Å². The summed E-state index contributed by atoms with van der Waals surface area (Å²) in [5, 5.41) is 11.9. The lowest BCUT2D eigenvalue weighted by atomic mass is 10.0. The van der Waals surface area contributed by atoms with Crippen LogP contribution >= 0.6 is 0 Å². The predicted molar refractivity (Wildman–Crippen MR) is 127 cm³/mol. The standard InChI is InChI=1S/C23H36N4O5S/c1-17-6-12-26(13-7-17)33(30,31)21-4-5-22(23(14-21)27(28)29)24-10-8-20(9-11-24)25-15-18(2)32-19(3)16-25/h4-5,14,17-20H,6-13,15-16H2,1-3H3/t18-,19-/m0/s1. The zero-order chi connectivity index (χ0) is 23.8. The van der Waals surface area contributed by atoms with Gasteiger partial charge in [0, 0.05) is 51.4 Å². The van der Waals surface area contributed by atoms with Gasteiger partial charge in [0.15, 0.2) is 0 Å². The van der Waals surface area contributed by atoms with E-state index in [0.717, 1.165) is 38.8 Å². The highest BCUT2D eigenvalue weighted by Crippen LogP contribution is 2.35. The molecule has 0 bridgehead atoms. The minimum Gasteiger partial charge on any atom is -0.373 e. The molecule has 1 aromatic carbocycles. The first-order valence-electron chi connectivity index (χ1n) is 12.1. The summed E-state index contributed by atoms with van der Waals surface area (Å²) in [6.45, 7) is 10.5. The second-order valence-corrected chi connectivity index (χ2v) is 11.9. The lowest BCUT2D eigenvalue weighted by Crippen LogP contribution is -2.53. The van der Waals surface area contributed by atoms with Crippen molar-refractivity contribution in [3.8, 4) is 0 Å². The van der Waals surface area contributed by atoms with Gasteiger partial charge in [0.05, 0.1) is 22.0 Å². The van der Waals surface area contributed by atoms with Crippen molar-refractivity contribution in [1.29, 1.82) is 0 Å². The predicted octanol–water partition coefficient (Wildman–Crippen LogP) is 3.09. The SMILES string of the molecule is CC1CCN(S(=O)(=O)c2ccc(N3CCC(N4C[C@H](C)O[C@@H](C)C4)CC3)c([N+](=O)[O-])c2)CC1. The minimum absolute atomic E-state index is 0.0127. The number of sulfonamides is 1. The zero-order valence-corrected chi connectivity index (χ0v) is 20.7.